The fraction of sp³-hybridized carbons (Fsp3) is 0.377. The maximum absolute atomic E-state index is 14.2. The number of ether oxygens (including phenoxy) is 2. The predicted molar refractivity (Wildman–Crippen MR) is 260 cm³/mol. The second-order valence-corrected chi connectivity index (χ2v) is 18.9. The first kappa shape index (κ1) is 43.4. The molecule has 0 saturated carbocycles. The van der Waals surface area contributed by atoms with E-state index in [4.69, 9.17) is 19.4 Å². The molecule has 2 fully saturated rings. The smallest absolute Gasteiger partial charge is 0.318 e. The molecule has 4 aromatic carbocycles. The molecule has 11 rings (SSSR count). The first-order valence-corrected chi connectivity index (χ1v) is 23.7. The fourth-order valence-electron chi connectivity index (χ4n) is 11.3. The standard InChI is InChI=1S/C53H55FN10O4/c1-32-8-5-9-34-10-6-12-46(47(32)34)61-22-18-40-44(29-61)57-53(68-31-37-11-7-21-59(37)3)58-49(40)62-24-25-63(36(28-62)17-20-55)51(65)33(2)30-67-38-14-15-43-41(27-38)39-19-23-64-50(48(39)56-43)60(4)45-16-13-35(54)26-42(45)52(64)66/h5-6,8-10,12-16,26-27,36-37,50,56H,2,7,11,17-19,21-25,28-31H2,1,3-4H3/t36-,37-,50?/m0/s1. The molecular formula is C53H55FN10O4. The van der Waals surface area contributed by atoms with Crippen molar-refractivity contribution in [3.8, 4) is 17.8 Å². The van der Waals surface area contributed by atoms with Gasteiger partial charge in [-0.05, 0) is 105 Å². The van der Waals surface area contributed by atoms with Gasteiger partial charge in [-0.3, -0.25) is 9.59 Å². The van der Waals surface area contributed by atoms with Gasteiger partial charge >= 0.3 is 6.01 Å². The van der Waals surface area contributed by atoms with Crippen LogP contribution < -0.4 is 24.2 Å². The third kappa shape index (κ3) is 7.60. The summed E-state index contributed by atoms with van der Waals surface area (Å²) in [5.74, 6) is 0.530. The number of benzene rings is 4. The highest BCUT2D eigenvalue weighted by Gasteiger charge is 2.42. The summed E-state index contributed by atoms with van der Waals surface area (Å²) in [5, 5.41) is 13.5. The van der Waals surface area contributed by atoms with E-state index in [9.17, 15) is 19.2 Å². The number of H-pyrrole nitrogens is 1. The molecule has 14 nitrogen and oxygen atoms in total. The van der Waals surface area contributed by atoms with Crippen molar-refractivity contribution in [2.75, 3.05) is 81.3 Å². The number of anilines is 3. The van der Waals surface area contributed by atoms with Gasteiger partial charge in [0.25, 0.3) is 11.8 Å². The van der Waals surface area contributed by atoms with Crippen LogP contribution in [-0.2, 0) is 24.2 Å². The summed E-state index contributed by atoms with van der Waals surface area (Å²) in [7, 11) is 4.06. The summed E-state index contributed by atoms with van der Waals surface area (Å²) in [6, 6.07) is 25.6. The molecule has 1 N–H and O–H groups in total. The lowest BCUT2D eigenvalue weighted by atomic mass is 9.96. The van der Waals surface area contributed by atoms with Gasteiger partial charge in [0.05, 0.1) is 47.7 Å². The largest absolute Gasteiger partial charge is 0.489 e. The van der Waals surface area contributed by atoms with E-state index in [1.165, 1.54) is 34.2 Å². The zero-order chi connectivity index (χ0) is 46.8. The Morgan fingerprint density at radius 2 is 1.76 bits per heavy atom. The van der Waals surface area contributed by atoms with E-state index in [2.05, 4.69) is 82.7 Å². The van der Waals surface area contributed by atoms with Crippen LogP contribution in [0.2, 0.25) is 0 Å². The van der Waals surface area contributed by atoms with Crippen molar-refractivity contribution in [2.24, 2.45) is 0 Å². The van der Waals surface area contributed by atoms with Gasteiger partial charge in [0, 0.05) is 78.9 Å². The summed E-state index contributed by atoms with van der Waals surface area (Å²) in [6.45, 7) is 11.0. The Morgan fingerprint density at radius 3 is 2.59 bits per heavy atom. The minimum Gasteiger partial charge on any atom is -0.489 e. The number of carbonyl (C=O) groups excluding carboxylic acids is 2. The predicted octanol–water partition coefficient (Wildman–Crippen LogP) is 7.31. The quantitative estimate of drug-likeness (QED) is 0.139. The number of aromatic nitrogens is 3. The maximum Gasteiger partial charge on any atom is 0.318 e. The van der Waals surface area contributed by atoms with Gasteiger partial charge < -0.3 is 43.9 Å². The lowest BCUT2D eigenvalue weighted by molar-refractivity contribution is -0.130. The molecule has 2 saturated heterocycles. The number of amides is 2. The number of aromatic amines is 1. The van der Waals surface area contributed by atoms with Gasteiger partial charge in [0.1, 0.15) is 36.8 Å². The van der Waals surface area contributed by atoms with Crippen molar-refractivity contribution in [3.05, 3.63) is 124 Å². The highest BCUT2D eigenvalue weighted by Crippen LogP contribution is 2.44. The van der Waals surface area contributed by atoms with Crippen LogP contribution in [0.4, 0.5) is 21.6 Å². The Bertz CT molecular complexity index is 3050. The van der Waals surface area contributed by atoms with Crippen molar-refractivity contribution < 1.29 is 23.5 Å². The van der Waals surface area contributed by atoms with E-state index in [1.807, 2.05) is 30.1 Å². The first-order chi connectivity index (χ1) is 33.0. The lowest BCUT2D eigenvalue weighted by Gasteiger charge is -2.46. The molecular weight excluding hydrogens is 860 g/mol. The fourth-order valence-corrected chi connectivity index (χ4v) is 11.3. The molecule has 0 aliphatic carbocycles. The molecule has 348 valence electrons. The van der Waals surface area contributed by atoms with Crippen LogP contribution in [0.1, 0.15) is 63.9 Å². The zero-order valence-electron chi connectivity index (χ0n) is 38.8. The number of halogens is 1. The van der Waals surface area contributed by atoms with Crippen LogP contribution in [0.5, 0.6) is 11.8 Å². The molecule has 0 bridgehead atoms. The average Bonchev–Trinajstić information content (AvgIpc) is 3.95. The molecule has 7 heterocycles. The highest BCUT2D eigenvalue weighted by atomic mass is 19.1. The number of hydrogen-bond donors (Lipinski definition) is 1. The van der Waals surface area contributed by atoms with E-state index < -0.39 is 11.9 Å². The van der Waals surface area contributed by atoms with Gasteiger partial charge in [-0.25, -0.2) is 4.39 Å². The number of nitrogens with one attached hydrogen (secondary N) is 1. The van der Waals surface area contributed by atoms with Gasteiger partial charge in [-0.2, -0.15) is 15.2 Å². The minimum atomic E-state index is -0.436. The monoisotopic (exact) mass is 914 g/mol. The molecule has 2 amide bonds. The van der Waals surface area contributed by atoms with Crippen molar-refractivity contribution in [2.45, 2.75) is 63.8 Å². The molecule has 2 aromatic heterocycles. The van der Waals surface area contributed by atoms with Crippen molar-refractivity contribution in [1.29, 1.82) is 5.26 Å². The van der Waals surface area contributed by atoms with E-state index >= 15 is 0 Å². The van der Waals surface area contributed by atoms with Crippen LogP contribution in [0.15, 0.2) is 84.9 Å². The van der Waals surface area contributed by atoms with Gasteiger partial charge in [0.15, 0.2) is 0 Å². The van der Waals surface area contributed by atoms with Crippen molar-refractivity contribution in [3.63, 3.8) is 0 Å². The molecule has 5 aliphatic rings. The number of nitriles is 1. The molecule has 0 spiro atoms. The average molecular weight is 915 g/mol. The Hall–Kier alpha value is -7.18. The first-order valence-electron chi connectivity index (χ1n) is 23.7. The highest BCUT2D eigenvalue weighted by molar-refractivity contribution is 6.03. The molecule has 5 aliphatic heterocycles. The number of carbonyl (C=O) groups is 2. The van der Waals surface area contributed by atoms with Crippen LogP contribution in [0.3, 0.4) is 0 Å². The van der Waals surface area contributed by atoms with Crippen LogP contribution in [0.25, 0.3) is 21.7 Å². The third-order valence-corrected chi connectivity index (χ3v) is 14.9. The molecule has 15 heteroatoms. The minimum absolute atomic E-state index is 0.0273. The second-order valence-electron chi connectivity index (χ2n) is 18.9. The number of likely N-dealkylation sites (tertiary alicyclic amines) is 1. The van der Waals surface area contributed by atoms with Gasteiger partial charge in [0.2, 0.25) is 0 Å². The van der Waals surface area contributed by atoms with Crippen LogP contribution in [0, 0.1) is 24.1 Å². The van der Waals surface area contributed by atoms with Crippen molar-refractivity contribution in [1.82, 2.24) is 29.7 Å². The van der Waals surface area contributed by atoms with E-state index in [-0.39, 0.29) is 31.0 Å². The summed E-state index contributed by atoms with van der Waals surface area (Å²) in [6.07, 6.45) is 3.33. The normalized spacial score (nSPS) is 20.2. The number of hydrogen-bond acceptors (Lipinski definition) is 11. The number of aryl methyl sites for hydroxylation is 1. The van der Waals surface area contributed by atoms with Gasteiger partial charge in [-0.15, -0.1) is 0 Å². The SMILES string of the molecule is C=C(COc1ccc2[nH]c3c(c2c1)CCN1C(=O)c2cc(F)ccc2N(C)C31)C(=O)N1CCN(c2nc(OC[C@@H]3CCCN3C)nc3c2CCN(c2cccc4cccc(C)c24)C3)C[C@@H]1CC#N. The Kier molecular flexibility index (Phi) is 11.2. The second kappa shape index (κ2) is 17.5. The topological polar surface area (TPSA) is 137 Å². The molecule has 1 unspecified atom stereocenters. The number of rotatable bonds is 10. The molecule has 0 radical (unpaired) electrons. The van der Waals surface area contributed by atoms with E-state index in [0.29, 0.717) is 80.4 Å². The molecule has 68 heavy (non-hydrogen) atoms. The van der Waals surface area contributed by atoms with E-state index in [1.54, 1.807) is 15.9 Å². The third-order valence-electron chi connectivity index (χ3n) is 14.9. The van der Waals surface area contributed by atoms with Gasteiger partial charge in [-0.1, -0.05) is 36.9 Å². The Morgan fingerprint density at radius 1 is 0.926 bits per heavy atom. The molecule has 6 aromatic rings. The number of nitrogens with zero attached hydrogens (tertiary/aromatic N) is 9. The summed E-state index contributed by atoms with van der Waals surface area (Å²) >= 11 is 0. The maximum atomic E-state index is 14.2. The number of likely N-dealkylation sites (N-methyl/N-ethyl adjacent to an activating group) is 1. The summed E-state index contributed by atoms with van der Waals surface area (Å²) < 4.78 is 26.9. The zero-order valence-corrected chi connectivity index (χ0v) is 38.8. The number of fused-ring (bicyclic) bond motifs is 8. The summed E-state index contributed by atoms with van der Waals surface area (Å²) in [4.78, 5) is 54.0. The van der Waals surface area contributed by atoms with Crippen LogP contribution in [-0.4, -0.2) is 120 Å². The lowest BCUT2D eigenvalue weighted by Crippen LogP contribution is -2.56. The van der Waals surface area contributed by atoms with E-state index in [0.717, 1.165) is 71.6 Å². The Balaban J connectivity index is 0.800. The Labute approximate surface area is 395 Å². The molecule has 3 atom stereocenters. The van der Waals surface area contributed by atoms with Crippen molar-refractivity contribution >= 4 is 50.7 Å². The summed E-state index contributed by atoms with van der Waals surface area (Å²) in [5.41, 5.74) is 8.68. The number of piperazine rings is 1. The van der Waals surface area contributed by atoms with Crippen LogP contribution >= 0.6 is 0 Å².